The number of furan rings is 1. The van der Waals surface area contributed by atoms with Crippen molar-refractivity contribution in [3.8, 4) is 0 Å². The number of para-hydroxylation sites is 1. The molecule has 0 aliphatic heterocycles. The number of hydrogen-bond acceptors (Lipinski definition) is 3. The van der Waals surface area contributed by atoms with Gasteiger partial charge in [-0.25, -0.2) is 0 Å². The highest BCUT2D eigenvalue weighted by atomic mass is 16.5. The molecule has 116 valence electrons. The van der Waals surface area contributed by atoms with Crippen LogP contribution in [0.5, 0.6) is 0 Å². The van der Waals surface area contributed by atoms with Crippen molar-refractivity contribution >= 4 is 11.0 Å². The molecule has 0 amide bonds. The van der Waals surface area contributed by atoms with Gasteiger partial charge in [0.1, 0.15) is 18.0 Å². The van der Waals surface area contributed by atoms with Gasteiger partial charge < -0.3 is 14.5 Å². The van der Waals surface area contributed by atoms with Gasteiger partial charge in [-0.2, -0.15) is 0 Å². The zero-order valence-electron chi connectivity index (χ0n) is 13.8. The van der Waals surface area contributed by atoms with Crippen LogP contribution in [0.15, 0.2) is 28.7 Å². The third-order valence-electron chi connectivity index (χ3n) is 3.26. The van der Waals surface area contributed by atoms with E-state index in [-0.39, 0.29) is 5.54 Å². The Kier molecular flexibility index (Phi) is 5.07. The SMILES string of the molecule is CC(C)COCc1oc2ccccc2c1CNC(C)(C)C. The summed E-state index contributed by atoms with van der Waals surface area (Å²) in [4.78, 5) is 0. The molecule has 3 heteroatoms. The van der Waals surface area contributed by atoms with Gasteiger partial charge in [-0.15, -0.1) is 0 Å². The highest BCUT2D eigenvalue weighted by Gasteiger charge is 2.17. The Morgan fingerprint density at radius 1 is 1.19 bits per heavy atom. The number of benzene rings is 1. The number of hydrogen-bond donors (Lipinski definition) is 1. The molecular weight excluding hydrogens is 262 g/mol. The van der Waals surface area contributed by atoms with E-state index in [1.54, 1.807) is 0 Å². The summed E-state index contributed by atoms with van der Waals surface area (Å²) in [6.45, 7) is 12.9. The predicted molar refractivity (Wildman–Crippen MR) is 87.3 cm³/mol. The summed E-state index contributed by atoms with van der Waals surface area (Å²) in [5.41, 5.74) is 2.23. The molecule has 0 atom stereocenters. The molecule has 21 heavy (non-hydrogen) atoms. The van der Waals surface area contributed by atoms with Crippen LogP contribution in [0.1, 0.15) is 45.9 Å². The van der Waals surface area contributed by atoms with Crippen LogP contribution in [-0.2, 0) is 17.9 Å². The summed E-state index contributed by atoms with van der Waals surface area (Å²) in [7, 11) is 0. The fourth-order valence-electron chi connectivity index (χ4n) is 2.20. The maximum Gasteiger partial charge on any atom is 0.135 e. The molecule has 0 spiro atoms. The van der Waals surface area contributed by atoms with Crippen LogP contribution in [0.25, 0.3) is 11.0 Å². The topological polar surface area (TPSA) is 34.4 Å². The highest BCUT2D eigenvalue weighted by molar-refractivity contribution is 5.82. The third-order valence-corrected chi connectivity index (χ3v) is 3.26. The van der Waals surface area contributed by atoms with Gasteiger partial charge in [-0.3, -0.25) is 0 Å². The molecule has 0 fully saturated rings. The van der Waals surface area contributed by atoms with Crippen LogP contribution in [0.4, 0.5) is 0 Å². The van der Waals surface area contributed by atoms with Crippen LogP contribution in [0.3, 0.4) is 0 Å². The molecule has 0 radical (unpaired) electrons. The van der Waals surface area contributed by atoms with Gasteiger partial charge >= 0.3 is 0 Å². The van der Waals surface area contributed by atoms with Crippen LogP contribution < -0.4 is 5.32 Å². The summed E-state index contributed by atoms with van der Waals surface area (Å²) in [5, 5.41) is 4.72. The minimum absolute atomic E-state index is 0.0778. The standard InChI is InChI=1S/C18H27NO2/c1-13(2)11-20-12-17-15(10-19-18(3,4)5)14-8-6-7-9-16(14)21-17/h6-9,13,19H,10-12H2,1-5H3. The van der Waals surface area contributed by atoms with Gasteiger partial charge in [0, 0.05) is 29.6 Å². The lowest BCUT2D eigenvalue weighted by molar-refractivity contribution is 0.0847. The molecule has 1 aromatic carbocycles. The minimum Gasteiger partial charge on any atom is -0.458 e. The van der Waals surface area contributed by atoms with Crippen molar-refractivity contribution in [2.75, 3.05) is 6.61 Å². The van der Waals surface area contributed by atoms with Crippen molar-refractivity contribution in [2.24, 2.45) is 5.92 Å². The first kappa shape index (κ1) is 16.1. The first-order chi connectivity index (χ1) is 9.87. The fraction of sp³-hybridized carbons (Fsp3) is 0.556. The van der Waals surface area contributed by atoms with Crippen LogP contribution in [0.2, 0.25) is 0 Å². The fourth-order valence-corrected chi connectivity index (χ4v) is 2.20. The number of fused-ring (bicyclic) bond motifs is 1. The number of rotatable bonds is 6. The van der Waals surface area contributed by atoms with E-state index in [0.29, 0.717) is 12.5 Å². The monoisotopic (exact) mass is 289 g/mol. The zero-order valence-corrected chi connectivity index (χ0v) is 13.8. The van der Waals surface area contributed by atoms with E-state index in [2.05, 4.69) is 52.1 Å². The molecular formula is C18H27NO2. The summed E-state index contributed by atoms with van der Waals surface area (Å²) in [5.74, 6) is 1.47. The van der Waals surface area contributed by atoms with E-state index in [0.717, 1.165) is 24.5 Å². The lowest BCUT2D eigenvalue weighted by Gasteiger charge is -2.20. The second-order valence-corrected chi connectivity index (χ2v) is 7.01. The largest absolute Gasteiger partial charge is 0.458 e. The molecule has 1 heterocycles. The molecule has 1 aromatic heterocycles. The molecule has 1 N–H and O–H groups in total. The lowest BCUT2D eigenvalue weighted by Crippen LogP contribution is -2.35. The minimum atomic E-state index is 0.0778. The lowest BCUT2D eigenvalue weighted by atomic mass is 10.1. The highest BCUT2D eigenvalue weighted by Crippen LogP contribution is 2.27. The van der Waals surface area contributed by atoms with Gasteiger partial charge in [0.2, 0.25) is 0 Å². The van der Waals surface area contributed by atoms with Crippen molar-refractivity contribution < 1.29 is 9.15 Å². The van der Waals surface area contributed by atoms with E-state index < -0.39 is 0 Å². The van der Waals surface area contributed by atoms with Gasteiger partial charge in [0.15, 0.2) is 0 Å². The Bertz CT molecular complexity index is 578. The molecule has 3 nitrogen and oxygen atoms in total. The second kappa shape index (κ2) is 6.63. The molecule has 2 aromatic rings. The zero-order chi connectivity index (χ0) is 15.5. The van der Waals surface area contributed by atoms with E-state index in [1.165, 1.54) is 10.9 Å². The molecule has 0 bridgehead atoms. The van der Waals surface area contributed by atoms with Gasteiger partial charge in [0.25, 0.3) is 0 Å². The summed E-state index contributed by atoms with van der Waals surface area (Å²) >= 11 is 0. The third kappa shape index (κ3) is 4.58. The predicted octanol–water partition coefficient (Wildman–Crippen LogP) is 4.49. The van der Waals surface area contributed by atoms with Gasteiger partial charge in [0.05, 0.1) is 0 Å². The first-order valence-electron chi connectivity index (χ1n) is 7.69. The number of nitrogens with one attached hydrogen (secondary N) is 1. The quantitative estimate of drug-likeness (QED) is 0.850. The summed E-state index contributed by atoms with van der Waals surface area (Å²) in [6, 6.07) is 8.19. The molecule has 2 rings (SSSR count). The Balaban J connectivity index is 2.21. The van der Waals surface area contributed by atoms with Crippen molar-refractivity contribution in [3.05, 3.63) is 35.6 Å². The molecule has 0 aliphatic carbocycles. The Hall–Kier alpha value is -1.32. The van der Waals surface area contributed by atoms with Crippen molar-refractivity contribution in [3.63, 3.8) is 0 Å². The van der Waals surface area contributed by atoms with E-state index in [9.17, 15) is 0 Å². The number of ether oxygens (including phenoxy) is 1. The molecule has 0 aliphatic rings. The Morgan fingerprint density at radius 2 is 1.90 bits per heavy atom. The van der Waals surface area contributed by atoms with E-state index in [4.69, 9.17) is 9.15 Å². The molecule has 0 unspecified atom stereocenters. The van der Waals surface area contributed by atoms with Gasteiger partial charge in [-0.1, -0.05) is 32.0 Å². The molecule has 0 saturated carbocycles. The smallest absolute Gasteiger partial charge is 0.135 e. The summed E-state index contributed by atoms with van der Waals surface area (Å²) < 4.78 is 11.7. The Morgan fingerprint density at radius 3 is 2.57 bits per heavy atom. The normalized spacial score (nSPS) is 12.5. The van der Waals surface area contributed by atoms with Crippen LogP contribution >= 0.6 is 0 Å². The van der Waals surface area contributed by atoms with Crippen molar-refractivity contribution in [2.45, 2.75) is 53.3 Å². The van der Waals surface area contributed by atoms with Crippen LogP contribution in [-0.4, -0.2) is 12.1 Å². The first-order valence-corrected chi connectivity index (χ1v) is 7.69. The van der Waals surface area contributed by atoms with E-state index >= 15 is 0 Å². The average molecular weight is 289 g/mol. The maximum atomic E-state index is 5.98. The maximum absolute atomic E-state index is 5.98. The Labute approximate surface area is 127 Å². The van der Waals surface area contributed by atoms with Crippen molar-refractivity contribution in [1.29, 1.82) is 0 Å². The van der Waals surface area contributed by atoms with Crippen molar-refractivity contribution in [1.82, 2.24) is 5.32 Å². The summed E-state index contributed by atoms with van der Waals surface area (Å²) in [6.07, 6.45) is 0. The van der Waals surface area contributed by atoms with Crippen LogP contribution in [0, 0.1) is 5.92 Å². The molecule has 0 saturated heterocycles. The average Bonchev–Trinajstić information content (AvgIpc) is 2.72. The van der Waals surface area contributed by atoms with E-state index in [1.807, 2.05) is 12.1 Å². The second-order valence-electron chi connectivity index (χ2n) is 7.01. The van der Waals surface area contributed by atoms with Gasteiger partial charge in [-0.05, 0) is 32.8 Å².